The second-order valence-corrected chi connectivity index (χ2v) is 8.91. The minimum Gasteiger partial charge on any atom is -0.469 e. The molecule has 4 heteroatoms. The van der Waals surface area contributed by atoms with Crippen LogP contribution in [0.1, 0.15) is 52.4 Å². The number of hydrogen-bond donors (Lipinski definition) is 1. The van der Waals surface area contributed by atoms with Gasteiger partial charge in [0.25, 0.3) is 0 Å². The van der Waals surface area contributed by atoms with E-state index in [0.29, 0.717) is 17.8 Å². The number of amides is 1. The molecule has 3 aliphatic carbocycles. The molecule has 3 fully saturated rings. The minimum atomic E-state index is -0.0110. The van der Waals surface area contributed by atoms with Gasteiger partial charge in [-0.15, -0.1) is 0 Å². The van der Waals surface area contributed by atoms with Gasteiger partial charge >= 0.3 is 5.97 Å². The van der Waals surface area contributed by atoms with Gasteiger partial charge in [0.2, 0.25) is 5.91 Å². The average molecular weight is 331 g/mol. The first kappa shape index (κ1) is 16.2. The maximum atomic E-state index is 12.3. The molecule has 0 bridgehead atoms. The second kappa shape index (κ2) is 5.34. The number of fused-ring (bicyclic) bond motifs is 5. The molecule has 0 saturated heterocycles. The summed E-state index contributed by atoms with van der Waals surface area (Å²) in [6.45, 7) is 4.66. The van der Waals surface area contributed by atoms with Gasteiger partial charge in [0, 0.05) is 11.5 Å². The second-order valence-electron chi connectivity index (χ2n) is 8.91. The fourth-order valence-electron chi connectivity index (χ4n) is 6.86. The number of hydrogen-bond acceptors (Lipinski definition) is 3. The summed E-state index contributed by atoms with van der Waals surface area (Å²) >= 11 is 0. The molecule has 4 rings (SSSR count). The number of carbonyl (C=O) groups excluding carboxylic acids is 2. The molecule has 1 N–H and O–H groups in total. The van der Waals surface area contributed by atoms with Crippen LogP contribution >= 0.6 is 0 Å². The van der Waals surface area contributed by atoms with Gasteiger partial charge in [-0.1, -0.05) is 19.9 Å². The van der Waals surface area contributed by atoms with Crippen molar-refractivity contribution in [2.75, 3.05) is 7.11 Å². The molecule has 0 radical (unpaired) electrons. The van der Waals surface area contributed by atoms with E-state index in [-0.39, 0.29) is 34.7 Å². The number of methoxy groups -OCH3 is 1. The standard InChI is InChI=1S/C20H29NO3/c1-19-10-8-14-12(13(19)5-6-15(19)18(23)24-3)4-7-16-20(14,2)11-9-17(22)21-16/h9,11-16H,4-8,10H2,1-3H3,(H,21,22)/t12?,13?,14?,15?,16?,19-,20+/m0/s1. The van der Waals surface area contributed by atoms with Crippen LogP contribution in [0.25, 0.3) is 0 Å². The van der Waals surface area contributed by atoms with E-state index in [2.05, 4.69) is 25.2 Å². The molecule has 4 nitrogen and oxygen atoms in total. The van der Waals surface area contributed by atoms with Crippen LogP contribution in [0.15, 0.2) is 12.2 Å². The third-order valence-corrected chi connectivity index (χ3v) is 8.17. The summed E-state index contributed by atoms with van der Waals surface area (Å²) in [5.41, 5.74) is 0.167. The first-order chi connectivity index (χ1) is 11.4. The lowest BCUT2D eigenvalue weighted by molar-refractivity contribution is -0.153. The molecule has 3 saturated carbocycles. The molecule has 7 atom stereocenters. The quantitative estimate of drug-likeness (QED) is 0.751. The van der Waals surface area contributed by atoms with E-state index in [1.54, 1.807) is 6.08 Å². The number of nitrogens with one attached hydrogen (secondary N) is 1. The van der Waals surface area contributed by atoms with Gasteiger partial charge in [-0.25, -0.2) is 0 Å². The molecule has 1 amide bonds. The van der Waals surface area contributed by atoms with Gasteiger partial charge in [-0.3, -0.25) is 9.59 Å². The number of rotatable bonds is 1. The zero-order valence-electron chi connectivity index (χ0n) is 15.0. The van der Waals surface area contributed by atoms with Gasteiger partial charge in [-0.2, -0.15) is 0 Å². The lowest BCUT2D eigenvalue weighted by Gasteiger charge is -2.58. The third kappa shape index (κ3) is 2.04. The van der Waals surface area contributed by atoms with Crippen LogP contribution in [-0.4, -0.2) is 25.0 Å². The van der Waals surface area contributed by atoms with Gasteiger partial charge in [-0.05, 0) is 67.8 Å². The number of carbonyl (C=O) groups is 2. The summed E-state index contributed by atoms with van der Waals surface area (Å²) in [6.07, 6.45) is 10.5. The van der Waals surface area contributed by atoms with Crippen LogP contribution < -0.4 is 5.32 Å². The van der Waals surface area contributed by atoms with E-state index >= 15 is 0 Å². The van der Waals surface area contributed by atoms with Crippen molar-refractivity contribution < 1.29 is 14.3 Å². The summed E-state index contributed by atoms with van der Waals surface area (Å²) < 4.78 is 5.10. The Bertz CT molecular complexity index is 600. The average Bonchev–Trinajstić information content (AvgIpc) is 2.92. The first-order valence-corrected chi connectivity index (χ1v) is 9.47. The molecule has 24 heavy (non-hydrogen) atoms. The van der Waals surface area contributed by atoms with Crippen molar-refractivity contribution in [3.63, 3.8) is 0 Å². The normalized spacial score (nSPS) is 49.6. The van der Waals surface area contributed by atoms with Crippen molar-refractivity contribution in [3.8, 4) is 0 Å². The molecule has 132 valence electrons. The van der Waals surface area contributed by atoms with Crippen LogP contribution in [0.5, 0.6) is 0 Å². The Labute approximate surface area is 144 Å². The summed E-state index contributed by atoms with van der Waals surface area (Å²) in [7, 11) is 1.52. The molecule has 1 aliphatic heterocycles. The van der Waals surface area contributed by atoms with Crippen LogP contribution in [-0.2, 0) is 14.3 Å². The van der Waals surface area contributed by atoms with E-state index in [0.717, 1.165) is 32.1 Å². The first-order valence-electron chi connectivity index (χ1n) is 9.47. The molecular formula is C20H29NO3. The minimum absolute atomic E-state index is 0.0110. The predicted molar refractivity (Wildman–Crippen MR) is 91.0 cm³/mol. The van der Waals surface area contributed by atoms with E-state index in [1.807, 2.05) is 0 Å². The summed E-state index contributed by atoms with van der Waals surface area (Å²) in [6, 6.07) is 0.276. The predicted octanol–water partition coefficient (Wildman–Crippen LogP) is 3.07. The monoisotopic (exact) mass is 331 g/mol. The van der Waals surface area contributed by atoms with E-state index in [9.17, 15) is 9.59 Å². The number of esters is 1. The highest BCUT2D eigenvalue weighted by molar-refractivity contribution is 5.89. The molecule has 5 unspecified atom stereocenters. The Morgan fingerprint density at radius 3 is 2.71 bits per heavy atom. The van der Waals surface area contributed by atoms with Gasteiger partial charge in [0.15, 0.2) is 0 Å². The summed E-state index contributed by atoms with van der Waals surface area (Å²) in [5, 5.41) is 3.20. The SMILES string of the molecule is COC(=O)C1CCC2C3CCC4NC(=O)C=C[C@]4(C)C3CC[C@]12C. The highest BCUT2D eigenvalue weighted by Gasteiger charge is 2.61. The largest absolute Gasteiger partial charge is 0.469 e. The Hall–Kier alpha value is -1.32. The maximum Gasteiger partial charge on any atom is 0.309 e. The molecule has 0 spiro atoms. The van der Waals surface area contributed by atoms with Crippen molar-refractivity contribution in [2.45, 2.75) is 58.4 Å². The maximum absolute atomic E-state index is 12.3. The summed E-state index contributed by atoms with van der Waals surface area (Å²) in [4.78, 5) is 24.0. The van der Waals surface area contributed by atoms with Gasteiger partial charge < -0.3 is 10.1 Å². The Morgan fingerprint density at radius 1 is 1.17 bits per heavy atom. The Morgan fingerprint density at radius 2 is 1.96 bits per heavy atom. The van der Waals surface area contributed by atoms with Crippen LogP contribution in [0, 0.1) is 34.5 Å². The smallest absolute Gasteiger partial charge is 0.309 e. The highest BCUT2D eigenvalue weighted by atomic mass is 16.5. The van der Waals surface area contributed by atoms with E-state index in [1.165, 1.54) is 13.5 Å². The van der Waals surface area contributed by atoms with Crippen molar-refractivity contribution in [1.29, 1.82) is 0 Å². The number of ether oxygens (including phenoxy) is 1. The van der Waals surface area contributed by atoms with Crippen molar-refractivity contribution >= 4 is 11.9 Å². The zero-order valence-corrected chi connectivity index (χ0v) is 15.0. The fourth-order valence-corrected chi connectivity index (χ4v) is 6.86. The molecule has 0 aromatic rings. The van der Waals surface area contributed by atoms with Gasteiger partial charge in [0.1, 0.15) is 0 Å². The zero-order chi connectivity index (χ0) is 17.1. The molecule has 1 heterocycles. The van der Waals surface area contributed by atoms with Gasteiger partial charge in [0.05, 0.1) is 13.0 Å². The van der Waals surface area contributed by atoms with E-state index in [4.69, 9.17) is 4.74 Å². The van der Waals surface area contributed by atoms with Crippen molar-refractivity contribution in [3.05, 3.63) is 12.2 Å². The lowest BCUT2D eigenvalue weighted by atomic mass is 9.48. The Balaban J connectivity index is 1.64. The van der Waals surface area contributed by atoms with Crippen molar-refractivity contribution in [1.82, 2.24) is 5.32 Å². The van der Waals surface area contributed by atoms with Crippen LogP contribution in [0.3, 0.4) is 0 Å². The summed E-state index contributed by atoms with van der Waals surface area (Å²) in [5.74, 6) is 2.01. The van der Waals surface area contributed by atoms with E-state index < -0.39 is 0 Å². The molecule has 0 aromatic heterocycles. The molecular weight excluding hydrogens is 302 g/mol. The topological polar surface area (TPSA) is 55.4 Å². The van der Waals surface area contributed by atoms with Crippen LogP contribution in [0.2, 0.25) is 0 Å². The van der Waals surface area contributed by atoms with Crippen LogP contribution in [0.4, 0.5) is 0 Å². The fraction of sp³-hybridized carbons (Fsp3) is 0.800. The third-order valence-electron chi connectivity index (χ3n) is 8.17. The molecule has 4 aliphatic rings. The van der Waals surface area contributed by atoms with Crippen molar-refractivity contribution in [2.24, 2.45) is 34.5 Å². The lowest BCUT2D eigenvalue weighted by Crippen LogP contribution is -2.59. The highest BCUT2D eigenvalue weighted by Crippen LogP contribution is 2.65. The molecule has 0 aromatic carbocycles. The Kier molecular flexibility index (Phi) is 3.59.